The highest BCUT2D eigenvalue weighted by molar-refractivity contribution is 9.10. The van der Waals surface area contributed by atoms with Gasteiger partial charge in [0.1, 0.15) is 0 Å². The van der Waals surface area contributed by atoms with Crippen LogP contribution in [0.1, 0.15) is 5.56 Å². The maximum atomic E-state index is 13.1. The maximum Gasteiger partial charge on any atom is 0.279 e. The number of halogens is 1. The number of benzene rings is 3. The van der Waals surface area contributed by atoms with Crippen molar-refractivity contribution in [2.24, 2.45) is 0 Å². The second-order valence-corrected chi connectivity index (χ2v) is 7.79. The fourth-order valence-corrected chi connectivity index (χ4v) is 3.51. The molecule has 0 saturated heterocycles. The zero-order valence-electron chi connectivity index (χ0n) is 15.9. The fourth-order valence-electron chi connectivity index (χ4n) is 3.24. The highest BCUT2D eigenvalue weighted by atomic mass is 79.9. The van der Waals surface area contributed by atoms with Gasteiger partial charge in [-0.3, -0.25) is 4.79 Å². The summed E-state index contributed by atoms with van der Waals surface area (Å²) in [5, 5.41) is 9.89. The van der Waals surface area contributed by atoms with E-state index >= 15 is 0 Å². The third-order valence-corrected chi connectivity index (χ3v) is 5.34. The summed E-state index contributed by atoms with van der Waals surface area (Å²) in [4.78, 5) is 17.6. The van der Waals surface area contributed by atoms with Crippen molar-refractivity contribution in [2.45, 2.75) is 6.92 Å². The fraction of sp³-hybridized carbons (Fsp3) is 0.0435. The molecule has 2 aromatic heterocycles. The lowest BCUT2D eigenvalue weighted by molar-refractivity contribution is 0.430. The van der Waals surface area contributed by atoms with Crippen LogP contribution < -0.4 is 5.56 Å². The molecule has 0 unspecified atom stereocenters. The van der Waals surface area contributed by atoms with Gasteiger partial charge in [-0.25, -0.2) is 0 Å². The molecule has 0 atom stereocenters. The predicted molar refractivity (Wildman–Crippen MR) is 119 cm³/mol. The second-order valence-electron chi connectivity index (χ2n) is 6.88. The normalized spacial score (nSPS) is 11.1. The van der Waals surface area contributed by atoms with E-state index in [2.05, 4.69) is 31.2 Å². The van der Waals surface area contributed by atoms with E-state index in [0.29, 0.717) is 28.0 Å². The lowest BCUT2D eigenvalue weighted by Crippen LogP contribution is -2.22. The summed E-state index contributed by atoms with van der Waals surface area (Å²) in [6.45, 7) is 2.02. The standard InChI is InChI=1S/C23H15BrN4O2/c1-14-6-8-15(9-7-14)21-25-22(30-27-21)20-18-4-2-3-5-19(18)23(29)28(26-20)17-12-10-16(24)11-13-17/h2-13H,1H3. The Morgan fingerprint density at radius 1 is 0.900 bits per heavy atom. The third kappa shape index (κ3) is 3.23. The highest BCUT2D eigenvalue weighted by Gasteiger charge is 2.19. The van der Waals surface area contributed by atoms with E-state index in [1.54, 1.807) is 6.07 Å². The smallest absolute Gasteiger partial charge is 0.279 e. The average molecular weight is 459 g/mol. The van der Waals surface area contributed by atoms with Crippen LogP contribution in [0.15, 0.2) is 86.6 Å². The Bertz CT molecular complexity index is 1420. The minimum atomic E-state index is -0.213. The summed E-state index contributed by atoms with van der Waals surface area (Å²) in [5.74, 6) is 0.727. The van der Waals surface area contributed by atoms with Gasteiger partial charge >= 0.3 is 0 Å². The summed E-state index contributed by atoms with van der Waals surface area (Å²) < 4.78 is 7.82. The first-order valence-electron chi connectivity index (χ1n) is 9.29. The number of rotatable bonds is 3. The van der Waals surface area contributed by atoms with E-state index in [-0.39, 0.29) is 11.4 Å². The van der Waals surface area contributed by atoms with Crippen molar-refractivity contribution in [2.75, 3.05) is 0 Å². The number of aryl methyl sites for hydroxylation is 1. The van der Waals surface area contributed by atoms with E-state index in [1.807, 2.05) is 73.7 Å². The number of hydrogen-bond acceptors (Lipinski definition) is 5. The van der Waals surface area contributed by atoms with Gasteiger partial charge in [0.15, 0.2) is 5.69 Å². The number of nitrogens with zero attached hydrogens (tertiary/aromatic N) is 4. The van der Waals surface area contributed by atoms with Gasteiger partial charge in [0.25, 0.3) is 11.4 Å². The van der Waals surface area contributed by atoms with Crippen LogP contribution >= 0.6 is 15.9 Å². The predicted octanol–water partition coefficient (Wildman–Crippen LogP) is 5.17. The molecule has 3 aromatic carbocycles. The van der Waals surface area contributed by atoms with Crippen LogP contribution in [0.2, 0.25) is 0 Å². The molecule has 30 heavy (non-hydrogen) atoms. The molecule has 0 fully saturated rings. The minimum Gasteiger partial charge on any atom is -0.332 e. The summed E-state index contributed by atoms with van der Waals surface area (Å²) in [6.07, 6.45) is 0. The van der Waals surface area contributed by atoms with Gasteiger partial charge in [0, 0.05) is 15.4 Å². The van der Waals surface area contributed by atoms with Gasteiger partial charge in [-0.05, 0) is 37.3 Å². The van der Waals surface area contributed by atoms with E-state index in [4.69, 9.17) is 4.52 Å². The van der Waals surface area contributed by atoms with Crippen molar-refractivity contribution >= 4 is 26.7 Å². The number of fused-ring (bicyclic) bond motifs is 1. The zero-order chi connectivity index (χ0) is 20.7. The van der Waals surface area contributed by atoms with Crippen molar-refractivity contribution in [1.82, 2.24) is 19.9 Å². The molecule has 2 heterocycles. The van der Waals surface area contributed by atoms with Crippen LogP contribution in [0, 0.1) is 6.92 Å². The molecule has 6 nitrogen and oxygen atoms in total. The molecule has 0 aliphatic carbocycles. The average Bonchev–Trinajstić information content (AvgIpc) is 3.25. The third-order valence-electron chi connectivity index (χ3n) is 4.81. The molecule has 5 rings (SSSR count). The van der Waals surface area contributed by atoms with Crippen LogP contribution in [0.25, 0.3) is 39.4 Å². The molecule has 0 N–H and O–H groups in total. The Balaban J connectivity index is 1.71. The molecule has 0 radical (unpaired) electrons. The molecule has 146 valence electrons. The van der Waals surface area contributed by atoms with Crippen LogP contribution in [-0.2, 0) is 0 Å². The van der Waals surface area contributed by atoms with Gasteiger partial charge in [0.05, 0.1) is 11.1 Å². The van der Waals surface area contributed by atoms with Gasteiger partial charge in [-0.2, -0.15) is 14.8 Å². The second kappa shape index (κ2) is 7.35. The van der Waals surface area contributed by atoms with Crippen molar-refractivity contribution < 1.29 is 4.52 Å². The first kappa shape index (κ1) is 18.4. The monoisotopic (exact) mass is 458 g/mol. The van der Waals surface area contributed by atoms with Crippen molar-refractivity contribution in [3.63, 3.8) is 0 Å². The van der Waals surface area contributed by atoms with E-state index in [1.165, 1.54) is 4.68 Å². The van der Waals surface area contributed by atoms with Gasteiger partial charge < -0.3 is 4.52 Å². The van der Waals surface area contributed by atoms with Crippen molar-refractivity contribution in [1.29, 1.82) is 0 Å². The Kier molecular flexibility index (Phi) is 4.52. The molecule has 0 spiro atoms. The van der Waals surface area contributed by atoms with E-state index in [0.717, 1.165) is 15.6 Å². The lowest BCUT2D eigenvalue weighted by Gasteiger charge is -2.09. The molecule has 0 saturated carbocycles. The van der Waals surface area contributed by atoms with Crippen molar-refractivity contribution in [3.8, 4) is 28.7 Å². The maximum absolute atomic E-state index is 13.1. The quantitative estimate of drug-likeness (QED) is 0.372. The Morgan fingerprint density at radius 3 is 2.33 bits per heavy atom. The molecular weight excluding hydrogens is 444 g/mol. The van der Waals surface area contributed by atoms with Gasteiger partial charge in [-0.15, -0.1) is 0 Å². The Hall–Kier alpha value is -3.58. The SMILES string of the molecule is Cc1ccc(-c2noc(-c3nn(-c4ccc(Br)cc4)c(=O)c4ccccc34)n2)cc1. The summed E-state index contributed by atoms with van der Waals surface area (Å²) in [5.41, 5.74) is 2.89. The molecule has 7 heteroatoms. The largest absolute Gasteiger partial charge is 0.332 e. The summed E-state index contributed by atoms with van der Waals surface area (Å²) in [6, 6.07) is 22.5. The first-order chi connectivity index (χ1) is 14.6. The van der Waals surface area contributed by atoms with E-state index < -0.39 is 0 Å². The number of aromatic nitrogens is 4. The Labute approximate surface area is 179 Å². The summed E-state index contributed by atoms with van der Waals surface area (Å²) in [7, 11) is 0. The van der Waals surface area contributed by atoms with Gasteiger partial charge in [-0.1, -0.05) is 69.1 Å². The van der Waals surface area contributed by atoms with E-state index in [9.17, 15) is 4.79 Å². The topological polar surface area (TPSA) is 73.8 Å². The van der Waals surface area contributed by atoms with Gasteiger partial charge in [0.2, 0.25) is 5.82 Å². The van der Waals surface area contributed by atoms with Crippen molar-refractivity contribution in [3.05, 3.63) is 93.2 Å². The summed E-state index contributed by atoms with van der Waals surface area (Å²) >= 11 is 3.42. The van der Waals surface area contributed by atoms with Crippen LogP contribution in [0.3, 0.4) is 0 Å². The molecule has 0 aliphatic rings. The highest BCUT2D eigenvalue weighted by Crippen LogP contribution is 2.26. The molecular formula is C23H15BrN4O2. The minimum absolute atomic E-state index is 0.213. The van der Waals surface area contributed by atoms with Crippen LogP contribution in [-0.4, -0.2) is 19.9 Å². The zero-order valence-corrected chi connectivity index (χ0v) is 17.5. The van der Waals surface area contributed by atoms with Crippen LogP contribution in [0.5, 0.6) is 0 Å². The van der Waals surface area contributed by atoms with Crippen LogP contribution in [0.4, 0.5) is 0 Å². The first-order valence-corrected chi connectivity index (χ1v) is 10.1. The molecule has 5 aromatic rings. The lowest BCUT2D eigenvalue weighted by atomic mass is 10.1. The Morgan fingerprint density at radius 2 is 1.60 bits per heavy atom. The molecule has 0 bridgehead atoms. The molecule has 0 amide bonds. The number of hydrogen-bond donors (Lipinski definition) is 0. The molecule has 0 aliphatic heterocycles.